The molecule has 4 heteroatoms. The van der Waals surface area contributed by atoms with Crippen LogP contribution in [0.25, 0.3) is 0 Å². The van der Waals surface area contributed by atoms with Crippen LogP contribution in [0.4, 0.5) is 0 Å². The van der Waals surface area contributed by atoms with E-state index >= 15 is 0 Å². The molecule has 0 saturated heterocycles. The fourth-order valence-electron chi connectivity index (χ4n) is 1.63. The lowest BCUT2D eigenvalue weighted by molar-refractivity contribution is -0.123. The molecule has 1 aromatic rings. The third-order valence-corrected chi connectivity index (χ3v) is 3.55. The Balaban J connectivity index is 2.51. The number of rotatable bonds is 6. The number of benzene rings is 1. The van der Waals surface area contributed by atoms with E-state index in [4.69, 9.17) is 5.73 Å². The van der Waals surface area contributed by atoms with Crippen LogP contribution in [0.15, 0.2) is 24.3 Å². The van der Waals surface area contributed by atoms with E-state index in [1.807, 2.05) is 44.4 Å². The van der Waals surface area contributed by atoms with Crippen LogP contribution < -0.4 is 11.1 Å². The molecule has 0 radical (unpaired) electrons. The summed E-state index contributed by atoms with van der Waals surface area (Å²) in [5, 5.41) is 2.95. The van der Waals surface area contributed by atoms with Gasteiger partial charge in [-0.3, -0.25) is 4.79 Å². The number of aryl methyl sites for hydroxylation is 1. The van der Waals surface area contributed by atoms with Gasteiger partial charge in [-0.2, -0.15) is 11.8 Å². The first-order valence-electron chi connectivity index (χ1n) is 6.16. The molecule has 2 atom stereocenters. The van der Waals surface area contributed by atoms with Gasteiger partial charge in [0.05, 0.1) is 12.1 Å². The van der Waals surface area contributed by atoms with Gasteiger partial charge in [0.1, 0.15) is 0 Å². The van der Waals surface area contributed by atoms with Crippen molar-refractivity contribution in [2.45, 2.75) is 32.4 Å². The number of hydrogen-bond donors (Lipinski definition) is 2. The lowest BCUT2D eigenvalue weighted by Crippen LogP contribution is -2.41. The first kappa shape index (κ1) is 15.1. The molecule has 100 valence electrons. The van der Waals surface area contributed by atoms with E-state index in [1.54, 1.807) is 11.8 Å². The van der Waals surface area contributed by atoms with Crippen molar-refractivity contribution in [1.82, 2.24) is 5.32 Å². The van der Waals surface area contributed by atoms with Crippen molar-refractivity contribution in [1.29, 1.82) is 0 Å². The van der Waals surface area contributed by atoms with Gasteiger partial charge in [-0.05, 0) is 37.8 Å². The minimum Gasteiger partial charge on any atom is -0.348 e. The molecule has 3 N–H and O–H groups in total. The summed E-state index contributed by atoms with van der Waals surface area (Å²) >= 11 is 1.70. The Bertz CT molecular complexity index is 378. The second kappa shape index (κ2) is 7.44. The Morgan fingerprint density at radius 1 is 1.39 bits per heavy atom. The average Bonchev–Trinajstić information content (AvgIpc) is 2.36. The van der Waals surface area contributed by atoms with E-state index in [-0.39, 0.29) is 11.9 Å². The SMILES string of the molecule is CSCC[C@@H](N)C(=O)N[C@H](C)c1ccc(C)cc1. The van der Waals surface area contributed by atoms with E-state index in [0.717, 1.165) is 11.3 Å². The molecule has 0 bridgehead atoms. The van der Waals surface area contributed by atoms with Crippen LogP contribution in [0.1, 0.15) is 30.5 Å². The number of nitrogens with one attached hydrogen (secondary N) is 1. The summed E-state index contributed by atoms with van der Waals surface area (Å²) in [6.45, 7) is 4.02. The minimum atomic E-state index is -0.412. The number of hydrogen-bond acceptors (Lipinski definition) is 3. The van der Waals surface area contributed by atoms with Crippen LogP contribution in [0.2, 0.25) is 0 Å². The molecular weight excluding hydrogens is 244 g/mol. The molecule has 1 aromatic carbocycles. The van der Waals surface area contributed by atoms with Crippen molar-refractivity contribution in [3.8, 4) is 0 Å². The van der Waals surface area contributed by atoms with Crippen molar-refractivity contribution < 1.29 is 4.79 Å². The van der Waals surface area contributed by atoms with Gasteiger partial charge in [0.15, 0.2) is 0 Å². The summed E-state index contributed by atoms with van der Waals surface area (Å²) in [6, 6.07) is 7.75. The van der Waals surface area contributed by atoms with Crippen molar-refractivity contribution in [3.63, 3.8) is 0 Å². The molecule has 0 unspecified atom stereocenters. The van der Waals surface area contributed by atoms with E-state index in [9.17, 15) is 4.79 Å². The second-order valence-electron chi connectivity index (χ2n) is 4.53. The highest BCUT2D eigenvalue weighted by Crippen LogP contribution is 2.13. The van der Waals surface area contributed by atoms with Crippen LogP contribution in [-0.2, 0) is 4.79 Å². The highest BCUT2D eigenvalue weighted by molar-refractivity contribution is 7.98. The van der Waals surface area contributed by atoms with Crippen LogP contribution in [-0.4, -0.2) is 24.0 Å². The average molecular weight is 266 g/mol. The van der Waals surface area contributed by atoms with Gasteiger partial charge in [0.2, 0.25) is 5.91 Å². The molecule has 1 amide bonds. The zero-order valence-electron chi connectivity index (χ0n) is 11.3. The number of thioether (sulfide) groups is 1. The largest absolute Gasteiger partial charge is 0.348 e. The van der Waals surface area contributed by atoms with E-state index in [0.29, 0.717) is 6.42 Å². The third-order valence-electron chi connectivity index (χ3n) is 2.91. The molecule has 0 aromatic heterocycles. The fraction of sp³-hybridized carbons (Fsp3) is 0.500. The van der Waals surface area contributed by atoms with Crippen LogP contribution in [0.3, 0.4) is 0 Å². The van der Waals surface area contributed by atoms with Gasteiger partial charge >= 0.3 is 0 Å². The van der Waals surface area contributed by atoms with Crippen LogP contribution in [0, 0.1) is 6.92 Å². The van der Waals surface area contributed by atoms with Gasteiger partial charge in [-0.1, -0.05) is 29.8 Å². The molecule has 0 saturated carbocycles. The van der Waals surface area contributed by atoms with E-state index in [1.165, 1.54) is 5.56 Å². The van der Waals surface area contributed by atoms with Gasteiger partial charge in [-0.25, -0.2) is 0 Å². The monoisotopic (exact) mass is 266 g/mol. The molecule has 3 nitrogen and oxygen atoms in total. The molecule has 0 aliphatic carbocycles. The standard InChI is InChI=1S/C14H22N2OS/c1-10-4-6-12(7-5-10)11(2)16-14(17)13(15)8-9-18-3/h4-7,11,13H,8-9,15H2,1-3H3,(H,16,17)/t11-,13-/m1/s1. The Labute approximate surface area is 114 Å². The number of nitrogens with two attached hydrogens (primary N) is 1. The second-order valence-corrected chi connectivity index (χ2v) is 5.51. The quantitative estimate of drug-likeness (QED) is 0.830. The maximum atomic E-state index is 11.9. The summed E-state index contributed by atoms with van der Waals surface area (Å²) < 4.78 is 0. The van der Waals surface area contributed by atoms with E-state index < -0.39 is 6.04 Å². The van der Waals surface area contributed by atoms with Crippen molar-refractivity contribution in [3.05, 3.63) is 35.4 Å². The Hall–Kier alpha value is -1.00. The molecule has 0 aliphatic rings. The summed E-state index contributed by atoms with van der Waals surface area (Å²) in [5.41, 5.74) is 8.15. The summed E-state index contributed by atoms with van der Waals surface area (Å²) in [7, 11) is 0. The fourth-order valence-corrected chi connectivity index (χ4v) is 2.12. The Kier molecular flexibility index (Phi) is 6.22. The molecule has 0 spiro atoms. The Morgan fingerprint density at radius 2 is 2.00 bits per heavy atom. The third kappa shape index (κ3) is 4.70. The predicted octanol–water partition coefficient (Wildman–Crippen LogP) is 2.25. The first-order chi connectivity index (χ1) is 8.54. The lowest BCUT2D eigenvalue weighted by atomic mass is 10.1. The summed E-state index contributed by atoms with van der Waals surface area (Å²) in [4.78, 5) is 11.9. The molecule has 0 heterocycles. The highest BCUT2D eigenvalue weighted by Gasteiger charge is 2.15. The Morgan fingerprint density at radius 3 is 2.56 bits per heavy atom. The normalized spacial score (nSPS) is 14.0. The van der Waals surface area contributed by atoms with Gasteiger partial charge in [0.25, 0.3) is 0 Å². The van der Waals surface area contributed by atoms with Crippen molar-refractivity contribution in [2.24, 2.45) is 5.73 Å². The van der Waals surface area contributed by atoms with Gasteiger partial charge in [0, 0.05) is 0 Å². The smallest absolute Gasteiger partial charge is 0.237 e. The molecule has 1 rings (SSSR count). The molecule has 0 fully saturated rings. The number of carbonyl (C=O) groups excluding carboxylic acids is 1. The number of amides is 1. The summed E-state index contributed by atoms with van der Waals surface area (Å²) in [5.74, 6) is 0.838. The predicted molar refractivity (Wildman–Crippen MR) is 78.7 cm³/mol. The molecule has 18 heavy (non-hydrogen) atoms. The van der Waals surface area contributed by atoms with Crippen LogP contribution >= 0.6 is 11.8 Å². The maximum absolute atomic E-state index is 11.9. The van der Waals surface area contributed by atoms with Gasteiger partial charge in [-0.15, -0.1) is 0 Å². The van der Waals surface area contributed by atoms with Gasteiger partial charge < -0.3 is 11.1 Å². The first-order valence-corrected chi connectivity index (χ1v) is 7.55. The van der Waals surface area contributed by atoms with Crippen molar-refractivity contribution in [2.75, 3.05) is 12.0 Å². The summed E-state index contributed by atoms with van der Waals surface area (Å²) in [6.07, 6.45) is 2.73. The van der Waals surface area contributed by atoms with E-state index in [2.05, 4.69) is 5.32 Å². The molecular formula is C14H22N2OS. The van der Waals surface area contributed by atoms with Crippen LogP contribution in [0.5, 0.6) is 0 Å². The minimum absolute atomic E-state index is 0.00145. The topological polar surface area (TPSA) is 55.1 Å². The number of carbonyl (C=O) groups is 1. The van der Waals surface area contributed by atoms with Crippen molar-refractivity contribution >= 4 is 17.7 Å². The highest BCUT2D eigenvalue weighted by atomic mass is 32.2. The zero-order valence-corrected chi connectivity index (χ0v) is 12.1. The lowest BCUT2D eigenvalue weighted by Gasteiger charge is -2.17. The molecule has 0 aliphatic heterocycles. The maximum Gasteiger partial charge on any atom is 0.237 e. The zero-order chi connectivity index (χ0) is 13.5.